The molecule has 1 N–H and O–H groups in total. The number of carbonyl (C=O) groups excluding carboxylic acids is 1. The van der Waals surface area contributed by atoms with Gasteiger partial charge in [-0.2, -0.15) is 8.42 Å². The summed E-state index contributed by atoms with van der Waals surface area (Å²) in [7, 11) is -3.99. The van der Waals surface area contributed by atoms with E-state index in [1.54, 1.807) is 0 Å². The lowest BCUT2D eigenvalue weighted by molar-refractivity contribution is -0.597. The van der Waals surface area contributed by atoms with E-state index in [1.807, 2.05) is 0 Å². The molecule has 0 heterocycles. The normalized spacial score (nSPS) is 30.2. The largest absolute Gasteiger partial charge is 0.465 e. The van der Waals surface area contributed by atoms with Crippen molar-refractivity contribution < 1.29 is 43.7 Å². The second-order valence-corrected chi connectivity index (χ2v) is 20.8. The van der Waals surface area contributed by atoms with Gasteiger partial charge in [-0.1, -0.05) is 59.7 Å². The maximum atomic E-state index is 13.7. The quantitative estimate of drug-likeness (QED) is 0.0981. The van der Waals surface area contributed by atoms with Crippen LogP contribution in [-0.4, -0.2) is 31.3 Å². The molecule has 0 saturated heterocycles. The molecule has 2 aromatic carbocycles. The molecule has 4 aliphatic carbocycles. The molecule has 4 fully saturated rings. The molecule has 7 unspecified atom stereocenters. The summed E-state index contributed by atoms with van der Waals surface area (Å²) in [6.45, 7) is 14.2. The zero-order valence-corrected chi connectivity index (χ0v) is 31.6. The van der Waals surface area contributed by atoms with Gasteiger partial charge in [0, 0.05) is 5.41 Å². The summed E-state index contributed by atoms with van der Waals surface area (Å²) in [5, 5.41) is 0. The first-order valence-electron chi connectivity index (χ1n) is 17.7. The maximum Gasteiger partial charge on any atom is 0.357 e. The molecule has 46 heavy (non-hydrogen) atoms. The molecule has 7 heteroatoms. The van der Waals surface area contributed by atoms with Crippen LogP contribution in [0.25, 0.3) is 0 Å². The smallest absolute Gasteiger partial charge is 0.357 e. The van der Waals surface area contributed by atoms with E-state index in [9.17, 15) is 13.2 Å². The number of hydrogen-bond donors (Lipinski definition) is 1. The first-order valence-corrected chi connectivity index (χ1v) is 21.5. The van der Waals surface area contributed by atoms with Crippen molar-refractivity contribution in [3.05, 3.63) is 66.3 Å². The molecule has 0 amide bonds. The van der Waals surface area contributed by atoms with E-state index in [0.717, 1.165) is 37.5 Å². The van der Waals surface area contributed by atoms with Gasteiger partial charge in [0.25, 0.3) is 10.1 Å². The van der Waals surface area contributed by atoms with Crippen LogP contribution < -0.4 is 21.2 Å². The second-order valence-electron chi connectivity index (χ2n) is 16.2. The van der Waals surface area contributed by atoms with Crippen molar-refractivity contribution in [2.24, 2.45) is 35.5 Å². The second kappa shape index (κ2) is 12.8. The van der Waals surface area contributed by atoms with E-state index in [-0.39, 0.29) is 61.7 Å². The Morgan fingerprint density at radius 1 is 0.935 bits per heavy atom. The third-order valence-electron chi connectivity index (χ3n) is 13.0. The van der Waals surface area contributed by atoms with Gasteiger partial charge < -0.3 is 4.74 Å². The molecular weight excluding hydrogens is 707 g/mol. The van der Waals surface area contributed by atoms with Crippen LogP contribution in [0.15, 0.2) is 42.5 Å². The Kier molecular flexibility index (Phi) is 9.56. The Labute approximate surface area is 288 Å². The monoisotopic (exact) mass is 761 g/mol. The molecule has 4 aliphatic rings. The summed E-state index contributed by atoms with van der Waals surface area (Å²) < 4.78 is 40.1. The number of rotatable bonds is 13. The van der Waals surface area contributed by atoms with Crippen molar-refractivity contribution >= 4 is 16.1 Å². The third-order valence-corrected chi connectivity index (χ3v) is 16.5. The summed E-state index contributed by atoms with van der Waals surface area (Å²) in [5.41, 5.74) is 4.67. The van der Waals surface area contributed by atoms with E-state index in [0.29, 0.717) is 30.6 Å². The van der Waals surface area contributed by atoms with Crippen LogP contribution in [0, 0.1) is 42.6 Å². The van der Waals surface area contributed by atoms with E-state index >= 15 is 0 Å². The number of esters is 1. The molecule has 0 radical (unpaired) electrons. The lowest BCUT2D eigenvalue weighted by atomic mass is 9.58. The van der Waals surface area contributed by atoms with Crippen LogP contribution >= 0.6 is 0 Å². The summed E-state index contributed by atoms with van der Waals surface area (Å²) in [5.74, 6) is 2.67. The van der Waals surface area contributed by atoms with Crippen molar-refractivity contribution in [3.8, 4) is 0 Å². The molecule has 252 valence electrons. The molecule has 0 aromatic heterocycles. The molecule has 5 nitrogen and oxygen atoms in total. The number of benzene rings is 2. The Hall–Kier alpha value is -1.45. The lowest BCUT2D eigenvalue weighted by Gasteiger charge is -2.46. The maximum absolute atomic E-state index is 13.7. The summed E-state index contributed by atoms with van der Waals surface area (Å²) in [4.78, 5) is 13.7. The molecule has 0 spiro atoms. The minimum absolute atomic E-state index is 0.0142. The molecule has 2 aromatic rings. The molecule has 0 aliphatic heterocycles. The molecule has 4 bridgehead atoms. The van der Waals surface area contributed by atoms with Crippen LogP contribution in [0.4, 0.5) is 0 Å². The number of ether oxygens (including phenoxy) is 1. The van der Waals surface area contributed by atoms with Crippen LogP contribution in [0.5, 0.6) is 0 Å². The average molecular weight is 762 g/mol. The fourth-order valence-corrected chi connectivity index (χ4v) is 12.9. The lowest BCUT2D eigenvalue weighted by Crippen LogP contribution is -3.61. The topological polar surface area (TPSA) is 80.7 Å². The number of hydrogen-bond acceptors (Lipinski definition) is 4. The van der Waals surface area contributed by atoms with Crippen LogP contribution in [0.2, 0.25) is 0 Å². The van der Waals surface area contributed by atoms with Gasteiger partial charge >= 0.3 is 27.2 Å². The van der Waals surface area contributed by atoms with Gasteiger partial charge in [0.05, 0.1) is 18.3 Å². The molecule has 7 atom stereocenters. The van der Waals surface area contributed by atoms with Crippen molar-refractivity contribution in [1.82, 2.24) is 0 Å². The van der Waals surface area contributed by atoms with Crippen LogP contribution in [0.3, 0.4) is 0 Å². The molecule has 6 rings (SSSR count). The number of carbonyl (C=O) groups is 1. The minimum atomic E-state index is -3.99. The van der Waals surface area contributed by atoms with Crippen LogP contribution in [0.1, 0.15) is 116 Å². The third kappa shape index (κ3) is 6.35. The zero-order valence-electron chi connectivity index (χ0n) is 28.7. The number of fused-ring (bicyclic) bond motifs is 9. The standard InChI is InChI=1S/C39H53IO5S/c1-7-37(3,4)27-13-15-28(16-14-27)40-29-17-18-32(38(5,6)8-2)33(22-29)39-23-30(34-25-11-12-26(21-25)35(34)39)31(24-39)36(41)45-19-9-10-20-46(42,43)44/h13-18,22,25-26,30-31,34-35H,7-12,19-21,23-24H2,1-6H3/p+1. The summed E-state index contributed by atoms with van der Waals surface area (Å²) in [6, 6.07) is 16.8. The molecular formula is C39H54IO5S+. The fourth-order valence-electron chi connectivity index (χ4n) is 10.0. The number of halogens is 1. The molecule has 4 saturated carbocycles. The van der Waals surface area contributed by atoms with E-state index in [4.69, 9.17) is 9.29 Å². The Balaban J connectivity index is 1.31. The van der Waals surface area contributed by atoms with Gasteiger partial charge in [-0.3, -0.25) is 9.35 Å². The van der Waals surface area contributed by atoms with E-state index < -0.39 is 10.1 Å². The zero-order chi connectivity index (χ0) is 33.1. The van der Waals surface area contributed by atoms with Gasteiger partial charge in [-0.25, -0.2) is 0 Å². The van der Waals surface area contributed by atoms with Crippen molar-refractivity contribution in [2.45, 2.75) is 116 Å². The first-order chi connectivity index (χ1) is 21.7. The van der Waals surface area contributed by atoms with Crippen molar-refractivity contribution in [3.63, 3.8) is 0 Å². The highest BCUT2D eigenvalue weighted by Gasteiger charge is 2.71. The van der Waals surface area contributed by atoms with Gasteiger partial charge in [0.1, 0.15) is 0 Å². The van der Waals surface area contributed by atoms with Crippen molar-refractivity contribution in [1.29, 1.82) is 0 Å². The highest BCUT2D eigenvalue weighted by Crippen LogP contribution is 2.74. The number of unbranched alkanes of at least 4 members (excludes halogenated alkanes) is 1. The van der Waals surface area contributed by atoms with Crippen LogP contribution in [-0.2, 0) is 35.9 Å². The predicted octanol–water partition coefficient (Wildman–Crippen LogP) is 5.34. The highest BCUT2D eigenvalue weighted by molar-refractivity contribution is 7.85. The Morgan fingerprint density at radius 3 is 2.28 bits per heavy atom. The Bertz CT molecular complexity index is 1550. The summed E-state index contributed by atoms with van der Waals surface area (Å²) in [6.07, 6.45) is 8.86. The van der Waals surface area contributed by atoms with E-state index in [2.05, 4.69) is 84.0 Å². The summed E-state index contributed by atoms with van der Waals surface area (Å²) >= 11 is -0.344. The van der Waals surface area contributed by atoms with Crippen molar-refractivity contribution in [2.75, 3.05) is 12.4 Å². The van der Waals surface area contributed by atoms with Gasteiger partial charge in [-0.15, -0.1) is 0 Å². The predicted molar refractivity (Wildman–Crippen MR) is 179 cm³/mol. The average Bonchev–Trinajstić information content (AvgIpc) is 3.80. The van der Waals surface area contributed by atoms with Gasteiger partial charge in [-0.05, 0) is 139 Å². The fraction of sp³-hybridized carbons (Fsp3) is 0.667. The van der Waals surface area contributed by atoms with Gasteiger partial charge in [0.2, 0.25) is 0 Å². The first kappa shape index (κ1) is 34.4. The SMILES string of the molecule is CCC(C)(C)c1ccc([I+]c2ccc(C(C)(C)CC)c(C34CC(C(=O)OCCCCS(=O)(=O)O)C(C3)C3C5CCC(C5)C34)c2)cc1. The van der Waals surface area contributed by atoms with E-state index in [1.165, 1.54) is 43.1 Å². The van der Waals surface area contributed by atoms with Gasteiger partial charge in [0.15, 0.2) is 7.14 Å². The highest BCUT2D eigenvalue weighted by atomic mass is 127. The Morgan fingerprint density at radius 2 is 1.61 bits per heavy atom. The minimum Gasteiger partial charge on any atom is -0.465 e.